The molecule has 0 radical (unpaired) electrons. The van der Waals surface area contributed by atoms with E-state index in [9.17, 15) is 43.5 Å². The van der Waals surface area contributed by atoms with Crippen LogP contribution in [0, 0.1) is 5.92 Å². The van der Waals surface area contributed by atoms with Crippen LogP contribution in [0.25, 0.3) is 0 Å². The summed E-state index contributed by atoms with van der Waals surface area (Å²) >= 11 is 0. The van der Waals surface area contributed by atoms with Gasteiger partial charge in [-0.05, 0) is 56.9 Å². The third kappa shape index (κ3) is 28.3. The number of ether oxygens (including phenoxy) is 4. The molecule has 1 aromatic rings. The van der Waals surface area contributed by atoms with Crippen molar-refractivity contribution in [1.82, 2.24) is 9.55 Å². The highest BCUT2D eigenvalue weighted by molar-refractivity contribution is 7.61. The predicted octanol–water partition coefficient (Wildman–Crippen LogP) is 9.62. The largest absolute Gasteiger partial charge is 0.481 e. The Balaban J connectivity index is 1.40. The van der Waals surface area contributed by atoms with Gasteiger partial charge in [0, 0.05) is 19.0 Å². The number of carbonyl (C=O) groups excluding carboxylic acids is 2. The molecule has 2 saturated heterocycles. The van der Waals surface area contributed by atoms with Gasteiger partial charge in [0.25, 0.3) is 0 Å². The van der Waals surface area contributed by atoms with Crippen LogP contribution in [-0.2, 0) is 51.0 Å². The van der Waals surface area contributed by atoms with Gasteiger partial charge >= 0.3 is 33.3 Å². The molecule has 4 unspecified atom stereocenters. The van der Waals surface area contributed by atoms with Crippen LogP contribution in [0.2, 0.25) is 0 Å². The van der Waals surface area contributed by atoms with Gasteiger partial charge in [-0.2, -0.15) is 9.29 Å². The number of carbonyl (C=O) groups is 2. The molecule has 0 saturated carbocycles. The van der Waals surface area contributed by atoms with Crippen LogP contribution in [0.4, 0.5) is 5.82 Å². The third-order valence-electron chi connectivity index (χ3n) is 12.1. The van der Waals surface area contributed by atoms with Gasteiger partial charge in [-0.1, -0.05) is 154 Å². The average Bonchev–Trinajstić information content (AvgIpc) is 4.00. The van der Waals surface area contributed by atoms with Gasteiger partial charge in [-0.25, -0.2) is 13.9 Å². The Bertz CT molecular complexity index is 1910. The van der Waals surface area contributed by atoms with E-state index in [1.807, 2.05) is 12.2 Å². The monoisotopic (exact) mass is 1050 g/mol. The summed E-state index contributed by atoms with van der Waals surface area (Å²) in [7, 11) is -10.9. The number of phosphoric ester groups is 2. The second-order valence-electron chi connectivity index (χ2n) is 18.9. The Labute approximate surface area is 421 Å². The third-order valence-corrected chi connectivity index (χ3v) is 14.7. The molecule has 3 heterocycles. The van der Waals surface area contributed by atoms with Crippen LogP contribution >= 0.6 is 15.6 Å². The number of aliphatic hydroxyl groups excluding tert-OH is 2. The van der Waals surface area contributed by atoms with E-state index in [1.165, 1.54) is 76.7 Å². The van der Waals surface area contributed by atoms with E-state index in [-0.39, 0.29) is 18.7 Å². The van der Waals surface area contributed by atoms with E-state index < -0.39 is 83.7 Å². The number of aromatic nitrogens is 2. The predicted molar refractivity (Wildman–Crippen MR) is 270 cm³/mol. The molecule has 2 aliphatic rings. The van der Waals surface area contributed by atoms with Crippen molar-refractivity contribution < 1.29 is 71.0 Å². The van der Waals surface area contributed by atoms with Crippen molar-refractivity contribution in [1.29, 1.82) is 0 Å². The van der Waals surface area contributed by atoms with Gasteiger partial charge in [0.2, 0.25) is 0 Å². The lowest BCUT2D eigenvalue weighted by Crippen LogP contribution is -2.36. The van der Waals surface area contributed by atoms with Gasteiger partial charge in [-0.3, -0.25) is 23.2 Å². The lowest BCUT2D eigenvalue weighted by Gasteiger charge is -2.21. The number of nitrogens with zero attached hydrogens (tertiary/aromatic N) is 2. The maximum Gasteiger partial charge on any atom is 0.481 e. The fourth-order valence-electron chi connectivity index (χ4n) is 7.94. The van der Waals surface area contributed by atoms with E-state index in [0.29, 0.717) is 31.5 Å². The second-order valence-corrected chi connectivity index (χ2v) is 21.9. The van der Waals surface area contributed by atoms with Gasteiger partial charge < -0.3 is 44.7 Å². The number of nitrogens with two attached hydrogens (primary N) is 1. The number of aliphatic hydroxyl groups is 2. The Kier molecular flexibility index (Phi) is 30.9. The number of phosphoric acid groups is 2. The zero-order chi connectivity index (χ0) is 51.9. The maximum absolute atomic E-state index is 12.9. The molecule has 3 rings (SSSR count). The van der Waals surface area contributed by atoms with Crippen molar-refractivity contribution >= 4 is 33.4 Å². The number of esters is 2. The zero-order valence-corrected chi connectivity index (χ0v) is 44.2. The van der Waals surface area contributed by atoms with Crippen LogP contribution in [0.3, 0.4) is 0 Å². The first-order valence-corrected chi connectivity index (χ1v) is 29.0. The van der Waals surface area contributed by atoms with Gasteiger partial charge in [0.15, 0.2) is 12.3 Å². The SMILES string of the molecule is CCCCCC1OC1C/C=C\C/C=C\C/C=C\CCCC(=O)OC[C@H](COP(=O)(O)OP(=O)(O)OC[C@H]1O[C@@H](n2ccc(N)nc2=O)[C@H](O)[C@@H]1O)OC(=O)CCCCCCCCCCCCCCC(C)C. The highest BCUT2D eigenvalue weighted by Crippen LogP contribution is 2.60. The Morgan fingerprint density at radius 2 is 1.35 bits per heavy atom. The molecular weight excluding hydrogens is 961 g/mol. The van der Waals surface area contributed by atoms with Crippen LogP contribution < -0.4 is 11.4 Å². The molecule has 0 aromatic carbocycles. The molecule has 1 aromatic heterocycles. The minimum Gasteiger partial charge on any atom is -0.462 e. The molecule has 19 nitrogen and oxygen atoms in total. The molecule has 2 aliphatic heterocycles. The van der Waals surface area contributed by atoms with E-state index in [2.05, 4.69) is 54.4 Å². The molecule has 0 spiro atoms. The second kappa shape index (κ2) is 35.2. The number of rotatable bonds is 41. The summed E-state index contributed by atoms with van der Waals surface area (Å²) in [6, 6.07) is 1.25. The number of allylic oxidation sites excluding steroid dienone is 5. The van der Waals surface area contributed by atoms with Crippen molar-refractivity contribution in [3.8, 4) is 0 Å². The van der Waals surface area contributed by atoms with Crippen molar-refractivity contribution in [2.45, 2.75) is 218 Å². The van der Waals surface area contributed by atoms with Crippen LogP contribution in [0.5, 0.6) is 0 Å². The Morgan fingerprint density at radius 3 is 2.00 bits per heavy atom. The Hall–Kier alpha value is -3.06. The van der Waals surface area contributed by atoms with Crippen molar-refractivity contribution in [3.05, 3.63) is 59.2 Å². The maximum atomic E-state index is 12.9. The first-order chi connectivity index (χ1) is 34.0. The molecule has 6 N–H and O–H groups in total. The zero-order valence-electron chi connectivity index (χ0n) is 42.4. The summed E-state index contributed by atoms with van der Waals surface area (Å²) in [5.41, 5.74) is 4.59. The Morgan fingerprint density at radius 1 is 0.746 bits per heavy atom. The topological polar surface area (TPSA) is 278 Å². The summed E-state index contributed by atoms with van der Waals surface area (Å²) in [6.07, 6.45) is 29.9. The minimum atomic E-state index is -5.44. The summed E-state index contributed by atoms with van der Waals surface area (Å²) in [4.78, 5) is 61.9. The highest BCUT2D eigenvalue weighted by Gasteiger charge is 2.46. The van der Waals surface area contributed by atoms with Crippen LogP contribution in [0.15, 0.2) is 53.5 Å². The van der Waals surface area contributed by atoms with Crippen LogP contribution in [-0.4, -0.2) is 97.9 Å². The van der Waals surface area contributed by atoms with E-state index in [4.69, 9.17) is 33.7 Å². The molecule has 0 amide bonds. The van der Waals surface area contributed by atoms with E-state index >= 15 is 0 Å². The number of anilines is 1. The standard InChI is InChI=1S/C50H85N3O16P2/c1-4-5-24-30-41-42(67-41)31-26-21-17-13-10-11-14-18-22-27-32-45(54)63-36-40(66-46(55)33-28-23-19-15-9-7-6-8-12-16-20-25-29-39(2)3)37-64-70(59,60)69-71(61,62)65-38-43-47(56)48(57)49(68-43)53-35-34-44(51)52-50(53)58/h10,13-14,18,21,26,34-35,39-43,47-49,56-57H,4-9,11-12,15-17,19-20,22-25,27-33,36-38H2,1-3H3,(H,59,60)(H,61,62)(H2,51,52,58)/b13-10-,18-14-,26-21-/t40-,41?,42?,43-,47-,48-,49-/m1/s1. The van der Waals surface area contributed by atoms with Crippen molar-refractivity contribution in [3.63, 3.8) is 0 Å². The van der Waals surface area contributed by atoms with Crippen molar-refractivity contribution in [2.75, 3.05) is 25.6 Å². The molecule has 0 bridgehead atoms. The molecule has 71 heavy (non-hydrogen) atoms. The first kappa shape index (κ1) is 62.2. The molecule has 2 fully saturated rings. The van der Waals surface area contributed by atoms with Gasteiger partial charge in [0.1, 0.15) is 30.7 Å². The number of nitrogen functional groups attached to an aromatic ring is 1. The highest BCUT2D eigenvalue weighted by atomic mass is 31.3. The molecular formula is C50H85N3O16P2. The molecule has 9 atom stereocenters. The molecule has 406 valence electrons. The fraction of sp³-hybridized carbons (Fsp3) is 0.760. The average molecular weight is 1050 g/mol. The summed E-state index contributed by atoms with van der Waals surface area (Å²) in [6.45, 7) is 4.38. The van der Waals surface area contributed by atoms with E-state index in [1.54, 1.807) is 0 Å². The van der Waals surface area contributed by atoms with Crippen molar-refractivity contribution in [2.24, 2.45) is 5.92 Å². The first-order valence-electron chi connectivity index (χ1n) is 26.0. The molecule has 21 heteroatoms. The van der Waals surface area contributed by atoms with Crippen LogP contribution in [0.1, 0.15) is 181 Å². The lowest BCUT2D eigenvalue weighted by atomic mass is 10.0. The number of hydrogen-bond donors (Lipinski definition) is 5. The quantitative estimate of drug-likeness (QED) is 0.0134. The number of unbranched alkanes of at least 4 members (excludes halogenated alkanes) is 14. The van der Waals surface area contributed by atoms with E-state index in [0.717, 1.165) is 68.0 Å². The number of epoxide rings is 1. The molecule has 0 aliphatic carbocycles. The summed E-state index contributed by atoms with van der Waals surface area (Å²) in [5.74, 6) is -0.595. The summed E-state index contributed by atoms with van der Waals surface area (Å²) < 4.78 is 62.5. The fourth-order valence-corrected chi connectivity index (χ4v) is 10.0. The lowest BCUT2D eigenvalue weighted by molar-refractivity contribution is -0.161. The summed E-state index contributed by atoms with van der Waals surface area (Å²) in [5, 5.41) is 20.9. The smallest absolute Gasteiger partial charge is 0.462 e. The number of hydrogen-bond acceptors (Lipinski definition) is 16. The minimum absolute atomic E-state index is 0.0377. The normalized spacial score (nSPS) is 22.4. The van der Waals surface area contributed by atoms with Gasteiger partial charge in [0.05, 0.1) is 25.4 Å². The van der Waals surface area contributed by atoms with Gasteiger partial charge in [-0.15, -0.1) is 0 Å².